The van der Waals surface area contributed by atoms with Crippen LogP contribution in [0, 0.1) is 11.8 Å². The van der Waals surface area contributed by atoms with Gasteiger partial charge in [0, 0.05) is 12.5 Å². The van der Waals surface area contributed by atoms with Gasteiger partial charge in [0.05, 0.1) is 25.3 Å². The fraction of sp³-hybridized carbons (Fsp3) is 0.458. The summed E-state index contributed by atoms with van der Waals surface area (Å²) in [5.41, 5.74) is -0.300. The lowest BCUT2D eigenvalue weighted by atomic mass is 9.77. The molecule has 1 aliphatic heterocycles. The second kappa shape index (κ2) is 8.71. The first-order valence-corrected chi connectivity index (χ1v) is 11.0. The standard InChI is InChI=1S/C24H29NO9/c1-33-20-17(26)15-16(19(28)21(20)34-2)24(31,32)22(18(15)27)23(29,30)14-8-10-25(11-9-14)12-13-6-4-3-5-7-13/h3-7,14,22,26,28-32H,8-12H2,1-2H3. The van der Waals surface area contributed by atoms with Crippen molar-refractivity contribution < 1.29 is 44.9 Å². The summed E-state index contributed by atoms with van der Waals surface area (Å²) >= 11 is 0. The zero-order chi connectivity index (χ0) is 24.8. The fourth-order valence-electron chi connectivity index (χ4n) is 5.21. The first-order chi connectivity index (χ1) is 16.1. The normalized spacial score (nSPS) is 20.9. The predicted octanol–water partition coefficient (Wildman–Crippen LogP) is 0.658. The van der Waals surface area contributed by atoms with E-state index in [4.69, 9.17) is 9.47 Å². The Morgan fingerprint density at radius 1 is 1.00 bits per heavy atom. The molecule has 0 spiro atoms. The molecule has 1 saturated heterocycles. The molecule has 4 rings (SSSR count). The van der Waals surface area contributed by atoms with Gasteiger partial charge in [0.25, 0.3) is 0 Å². The number of likely N-dealkylation sites (tertiary alicyclic amines) is 1. The van der Waals surface area contributed by atoms with Crippen LogP contribution in [0.25, 0.3) is 0 Å². The van der Waals surface area contributed by atoms with Crippen LogP contribution >= 0.6 is 0 Å². The largest absolute Gasteiger partial charge is 0.504 e. The van der Waals surface area contributed by atoms with Gasteiger partial charge in [-0.1, -0.05) is 30.3 Å². The van der Waals surface area contributed by atoms with Gasteiger partial charge in [-0.25, -0.2) is 0 Å². The van der Waals surface area contributed by atoms with Gasteiger partial charge in [-0.05, 0) is 31.5 Å². The maximum Gasteiger partial charge on any atom is 0.210 e. The molecular formula is C24H29NO9. The number of aromatic hydroxyl groups is 2. The van der Waals surface area contributed by atoms with E-state index in [0.717, 1.165) is 19.8 Å². The summed E-state index contributed by atoms with van der Waals surface area (Å²) in [7, 11) is 2.32. The number of benzene rings is 2. The molecule has 184 valence electrons. The van der Waals surface area contributed by atoms with Crippen LogP contribution in [0.3, 0.4) is 0 Å². The van der Waals surface area contributed by atoms with Crippen LogP contribution in [-0.4, -0.2) is 74.4 Å². The second-order valence-electron chi connectivity index (χ2n) is 8.86. The number of ketones is 1. The Morgan fingerprint density at radius 2 is 1.56 bits per heavy atom. The van der Waals surface area contributed by atoms with Crippen LogP contribution in [0.2, 0.25) is 0 Å². The number of methoxy groups -OCH3 is 2. The first kappa shape index (κ1) is 24.2. The van der Waals surface area contributed by atoms with E-state index in [1.807, 2.05) is 30.3 Å². The minimum absolute atomic E-state index is 0.278. The van der Waals surface area contributed by atoms with E-state index in [-0.39, 0.29) is 18.6 Å². The number of hydrogen-bond donors (Lipinski definition) is 6. The number of carbonyl (C=O) groups is 1. The van der Waals surface area contributed by atoms with Gasteiger partial charge < -0.3 is 40.1 Å². The van der Waals surface area contributed by atoms with E-state index in [0.29, 0.717) is 19.6 Å². The first-order valence-electron chi connectivity index (χ1n) is 11.0. The van der Waals surface area contributed by atoms with Gasteiger partial charge in [-0.15, -0.1) is 0 Å². The lowest BCUT2D eigenvalue weighted by Gasteiger charge is -2.43. The molecule has 0 bridgehead atoms. The zero-order valence-corrected chi connectivity index (χ0v) is 18.9. The molecule has 1 fully saturated rings. The number of phenols is 2. The van der Waals surface area contributed by atoms with Crippen LogP contribution in [0.1, 0.15) is 34.3 Å². The van der Waals surface area contributed by atoms with Crippen molar-refractivity contribution in [1.82, 2.24) is 4.90 Å². The Hall–Kier alpha value is -2.89. The summed E-state index contributed by atoms with van der Waals surface area (Å²) in [6.07, 6.45) is 0.557. The van der Waals surface area contributed by atoms with E-state index >= 15 is 0 Å². The molecule has 1 unspecified atom stereocenters. The molecule has 0 aromatic heterocycles. The van der Waals surface area contributed by atoms with E-state index in [2.05, 4.69) is 4.90 Å². The molecule has 10 nitrogen and oxygen atoms in total. The summed E-state index contributed by atoms with van der Waals surface area (Å²) in [5.74, 6) is -12.6. The van der Waals surface area contributed by atoms with E-state index in [9.17, 15) is 35.4 Å². The highest BCUT2D eigenvalue weighted by Crippen LogP contribution is 2.58. The van der Waals surface area contributed by atoms with Crippen molar-refractivity contribution in [2.75, 3.05) is 27.3 Å². The third-order valence-electron chi connectivity index (χ3n) is 6.91. The van der Waals surface area contributed by atoms with Crippen molar-refractivity contribution in [3.8, 4) is 23.0 Å². The van der Waals surface area contributed by atoms with Gasteiger partial charge in [-0.2, -0.15) is 0 Å². The number of phenolic OH excluding ortho intramolecular Hbond substituents is 2. The zero-order valence-electron chi connectivity index (χ0n) is 18.9. The van der Waals surface area contributed by atoms with Crippen molar-refractivity contribution in [1.29, 1.82) is 0 Å². The molecule has 10 heteroatoms. The summed E-state index contributed by atoms with van der Waals surface area (Å²) in [5, 5.41) is 65.2. The van der Waals surface area contributed by atoms with Crippen molar-refractivity contribution in [3.63, 3.8) is 0 Å². The van der Waals surface area contributed by atoms with Crippen molar-refractivity contribution in [3.05, 3.63) is 47.0 Å². The summed E-state index contributed by atoms with van der Waals surface area (Å²) in [6, 6.07) is 9.80. The van der Waals surface area contributed by atoms with Crippen LogP contribution in [-0.2, 0) is 12.3 Å². The number of piperidine rings is 1. The quantitative estimate of drug-likeness (QED) is 0.259. The maximum absolute atomic E-state index is 13.2. The van der Waals surface area contributed by atoms with Crippen molar-refractivity contribution >= 4 is 5.78 Å². The molecule has 0 radical (unpaired) electrons. The Kier molecular flexibility index (Phi) is 6.21. The van der Waals surface area contributed by atoms with Gasteiger partial charge in [0.2, 0.25) is 17.3 Å². The number of nitrogens with zero attached hydrogens (tertiary/aromatic N) is 1. The van der Waals surface area contributed by atoms with E-state index in [1.165, 1.54) is 0 Å². The summed E-state index contributed by atoms with van der Waals surface area (Å²) in [6.45, 7) is 1.67. The smallest absolute Gasteiger partial charge is 0.210 e. The monoisotopic (exact) mass is 475 g/mol. The number of fused-ring (bicyclic) bond motifs is 1. The highest BCUT2D eigenvalue weighted by Gasteiger charge is 2.64. The molecule has 1 atom stereocenters. The Bertz CT molecular complexity index is 1080. The second-order valence-corrected chi connectivity index (χ2v) is 8.86. The van der Waals surface area contributed by atoms with E-state index < -0.39 is 57.6 Å². The van der Waals surface area contributed by atoms with E-state index in [1.54, 1.807) is 0 Å². The highest BCUT2D eigenvalue weighted by atomic mass is 16.5. The van der Waals surface area contributed by atoms with Crippen LogP contribution in [0.15, 0.2) is 30.3 Å². The fourth-order valence-corrected chi connectivity index (χ4v) is 5.21. The molecular weight excluding hydrogens is 446 g/mol. The number of Topliss-reactive ketones (excluding diaryl/α,β-unsaturated/α-hetero) is 1. The third kappa shape index (κ3) is 3.68. The lowest BCUT2D eigenvalue weighted by molar-refractivity contribution is -0.309. The average molecular weight is 475 g/mol. The van der Waals surface area contributed by atoms with Crippen LogP contribution in [0.5, 0.6) is 23.0 Å². The topological polar surface area (TPSA) is 160 Å². The highest BCUT2D eigenvalue weighted by molar-refractivity contribution is 6.08. The molecule has 2 aromatic rings. The summed E-state index contributed by atoms with van der Waals surface area (Å²) in [4.78, 5) is 15.4. The van der Waals surface area contributed by atoms with Gasteiger partial charge in [0.15, 0.2) is 23.1 Å². The maximum atomic E-state index is 13.2. The molecule has 34 heavy (non-hydrogen) atoms. The Morgan fingerprint density at radius 3 is 2.12 bits per heavy atom. The number of ether oxygens (including phenoxy) is 2. The number of rotatable bonds is 6. The Balaban J connectivity index is 1.62. The number of carbonyl (C=O) groups excluding carboxylic acids is 1. The number of hydrogen-bond acceptors (Lipinski definition) is 10. The van der Waals surface area contributed by atoms with Crippen LogP contribution < -0.4 is 9.47 Å². The molecule has 1 aliphatic carbocycles. The predicted molar refractivity (Wildman–Crippen MR) is 118 cm³/mol. The molecule has 2 aromatic carbocycles. The molecule has 0 saturated carbocycles. The lowest BCUT2D eigenvalue weighted by Crippen LogP contribution is -2.56. The number of aliphatic hydroxyl groups is 4. The van der Waals surface area contributed by atoms with Gasteiger partial charge >= 0.3 is 0 Å². The van der Waals surface area contributed by atoms with Gasteiger partial charge in [-0.3, -0.25) is 9.69 Å². The molecule has 0 amide bonds. The van der Waals surface area contributed by atoms with Crippen molar-refractivity contribution in [2.45, 2.75) is 31.0 Å². The van der Waals surface area contributed by atoms with Crippen LogP contribution in [0.4, 0.5) is 0 Å². The average Bonchev–Trinajstić information content (AvgIpc) is 3.02. The van der Waals surface area contributed by atoms with Crippen molar-refractivity contribution in [2.24, 2.45) is 11.8 Å². The summed E-state index contributed by atoms with van der Waals surface area (Å²) < 4.78 is 10.0. The Labute approximate surface area is 196 Å². The molecule has 2 aliphatic rings. The molecule has 1 heterocycles. The molecule has 6 N–H and O–H groups in total. The SMILES string of the molecule is COc1c(O)c2c(c(O)c1OC)C(O)(O)C(C(O)(O)C1CCN(Cc3ccccc3)CC1)C2=O. The minimum atomic E-state index is -3.18. The van der Waals surface area contributed by atoms with Gasteiger partial charge in [0.1, 0.15) is 5.92 Å². The third-order valence-corrected chi connectivity index (χ3v) is 6.91. The minimum Gasteiger partial charge on any atom is -0.504 e.